The van der Waals surface area contributed by atoms with Crippen LogP contribution in [0.15, 0.2) is 65.6 Å². The van der Waals surface area contributed by atoms with Crippen LogP contribution >= 0.6 is 0 Å². The topological polar surface area (TPSA) is 65.4 Å². The molecule has 0 radical (unpaired) electrons. The van der Waals surface area contributed by atoms with Gasteiger partial charge in [-0.2, -0.15) is 0 Å². The van der Waals surface area contributed by atoms with E-state index in [0.717, 1.165) is 17.6 Å². The highest BCUT2D eigenvalue weighted by molar-refractivity contribution is 7.90. The molecular weight excluding hydrogens is 374 g/mol. The van der Waals surface area contributed by atoms with E-state index in [4.69, 9.17) is 4.74 Å². The van der Waals surface area contributed by atoms with Crippen molar-refractivity contribution >= 4 is 15.6 Å². The van der Waals surface area contributed by atoms with Crippen LogP contribution in [0.25, 0.3) is 0 Å². The lowest BCUT2D eigenvalue weighted by Crippen LogP contribution is -2.13. The number of aromatic nitrogens is 1. The number of ketones is 1. The van der Waals surface area contributed by atoms with E-state index in [1.807, 2.05) is 38.1 Å². The van der Waals surface area contributed by atoms with Crippen LogP contribution < -0.4 is 4.74 Å². The molecule has 28 heavy (non-hydrogen) atoms. The standard InChI is InChI=1S/C22H23NO4S/c1-16-13-21(17(2)23(16)14-18-7-5-4-6-8-18)22(24)15-27-19-9-11-20(12-10-19)28(3,25)26/h4-13H,14-15H2,1-3H3. The fourth-order valence-electron chi connectivity index (χ4n) is 3.10. The van der Waals surface area contributed by atoms with Crippen LogP contribution in [0.3, 0.4) is 0 Å². The zero-order valence-corrected chi connectivity index (χ0v) is 17.0. The molecule has 0 N–H and O–H groups in total. The first-order valence-electron chi connectivity index (χ1n) is 8.92. The second-order valence-electron chi connectivity index (χ2n) is 6.81. The molecule has 0 aliphatic carbocycles. The van der Waals surface area contributed by atoms with Gasteiger partial charge in [0, 0.05) is 29.8 Å². The molecule has 3 rings (SSSR count). The summed E-state index contributed by atoms with van der Waals surface area (Å²) in [6.07, 6.45) is 1.15. The lowest BCUT2D eigenvalue weighted by atomic mass is 10.1. The summed E-state index contributed by atoms with van der Waals surface area (Å²) >= 11 is 0. The van der Waals surface area contributed by atoms with Gasteiger partial charge in [-0.15, -0.1) is 0 Å². The molecule has 6 heteroatoms. The predicted molar refractivity (Wildman–Crippen MR) is 109 cm³/mol. The predicted octanol–water partition coefficient (Wildman–Crippen LogP) is 3.82. The molecule has 0 aliphatic heterocycles. The fraction of sp³-hybridized carbons (Fsp3) is 0.227. The van der Waals surface area contributed by atoms with Gasteiger partial charge < -0.3 is 9.30 Å². The first kappa shape index (κ1) is 19.9. The average molecular weight is 397 g/mol. The largest absolute Gasteiger partial charge is 0.485 e. The van der Waals surface area contributed by atoms with E-state index in [-0.39, 0.29) is 17.3 Å². The van der Waals surface area contributed by atoms with Gasteiger partial charge in [0.2, 0.25) is 5.78 Å². The SMILES string of the molecule is Cc1cc(C(=O)COc2ccc(S(C)(=O)=O)cc2)c(C)n1Cc1ccccc1. The quantitative estimate of drug-likeness (QED) is 0.569. The van der Waals surface area contributed by atoms with Crippen molar-refractivity contribution in [2.24, 2.45) is 0 Å². The fourth-order valence-corrected chi connectivity index (χ4v) is 3.73. The molecule has 0 unspecified atom stereocenters. The van der Waals surface area contributed by atoms with Crippen molar-refractivity contribution in [3.63, 3.8) is 0 Å². The number of Topliss-reactive ketones (excluding diaryl/α,β-unsaturated/α-hetero) is 1. The number of benzene rings is 2. The summed E-state index contributed by atoms with van der Waals surface area (Å²) in [4.78, 5) is 12.9. The van der Waals surface area contributed by atoms with Crippen molar-refractivity contribution in [3.8, 4) is 5.75 Å². The van der Waals surface area contributed by atoms with Gasteiger partial charge in [0.05, 0.1) is 4.90 Å². The van der Waals surface area contributed by atoms with Gasteiger partial charge in [-0.1, -0.05) is 30.3 Å². The summed E-state index contributed by atoms with van der Waals surface area (Å²) in [6, 6.07) is 18.0. The maximum absolute atomic E-state index is 12.6. The summed E-state index contributed by atoms with van der Waals surface area (Å²) in [5.41, 5.74) is 3.73. The summed E-state index contributed by atoms with van der Waals surface area (Å²) in [7, 11) is -3.25. The number of nitrogens with zero attached hydrogens (tertiary/aromatic N) is 1. The van der Waals surface area contributed by atoms with Crippen LogP contribution in [0.4, 0.5) is 0 Å². The summed E-state index contributed by atoms with van der Waals surface area (Å²) in [5.74, 6) is 0.346. The molecule has 0 spiro atoms. The molecule has 5 nitrogen and oxygen atoms in total. The Balaban J connectivity index is 1.70. The van der Waals surface area contributed by atoms with Gasteiger partial charge in [0.1, 0.15) is 5.75 Å². The highest BCUT2D eigenvalue weighted by atomic mass is 32.2. The maximum atomic E-state index is 12.6. The number of sulfone groups is 1. The van der Waals surface area contributed by atoms with Crippen LogP contribution in [0.1, 0.15) is 27.3 Å². The third kappa shape index (κ3) is 4.51. The molecule has 146 valence electrons. The number of carbonyl (C=O) groups is 1. The molecule has 0 saturated heterocycles. The Kier molecular flexibility index (Phi) is 5.70. The lowest BCUT2D eigenvalue weighted by Gasteiger charge is -2.10. The normalized spacial score (nSPS) is 11.4. The van der Waals surface area contributed by atoms with Gasteiger partial charge in [-0.25, -0.2) is 8.42 Å². The average Bonchev–Trinajstić information content (AvgIpc) is 2.95. The molecule has 0 atom stereocenters. The van der Waals surface area contributed by atoms with Crippen LogP contribution in [-0.2, 0) is 16.4 Å². The van der Waals surface area contributed by atoms with Gasteiger partial charge in [-0.3, -0.25) is 4.79 Å². The van der Waals surface area contributed by atoms with Crippen LogP contribution in [-0.4, -0.2) is 31.6 Å². The van der Waals surface area contributed by atoms with E-state index in [9.17, 15) is 13.2 Å². The summed E-state index contributed by atoms with van der Waals surface area (Å²) < 4.78 is 30.7. The maximum Gasteiger partial charge on any atom is 0.202 e. The molecule has 0 amide bonds. The monoisotopic (exact) mass is 397 g/mol. The second kappa shape index (κ2) is 8.02. The Bertz CT molecular complexity index is 1080. The zero-order valence-electron chi connectivity index (χ0n) is 16.2. The first-order chi connectivity index (χ1) is 13.3. The zero-order chi connectivity index (χ0) is 20.3. The highest BCUT2D eigenvalue weighted by Crippen LogP contribution is 2.19. The van der Waals surface area contributed by atoms with E-state index in [2.05, 4.69) is 16.7 Å². The third-order valence-corrected chi connectivity index (χ3v) is 5.81. The van der Waals surface area contributed by atoms with E-state index in [1.54, 1.807) is 12.1 Å². The van der Waals surface area contributed by atoms with E-state index >= 15 is 0 Å². The number of hydrogen-bond acceptors (Lipinski definition) is 4. The Labute approximate surface area is 165 Å². The van der Waals surface area contributed by atoms with Crippen LogP contribution in [0, 0.1) is 13.8 Å². The Morgan fingerprint density at radius 3 is 2.25 bits per heavy atom. The number of ether oxygens (including phenoxy) is 1. The number of rotatable bonds is 7. The lowest BCUT2D eigenvalue weighted by molar-refractivity contribution is 0.0920. The highest BCUT2D eigenvalue weighted by Gasteiger charge is 2.16. The first-order valence-corrected chi connectivity index (χ1v) is 10.8. The minimum Gasteiger partial charge on any atom is -0.485 e. The second-order valence-corrected chi connectivity index (χ2v) is 8.83. The smallest absolute Gasteiger partial charge is 0.202 e. The van der Waals surface area contributed by atoms with Gasteiger partial charge in [0.25, 0.3) is 0 Å². The van der Waals surface area contributed by atoms with E-state index in [1.165, 1.54) is 17.7 Å². The summed E-state index contributed by atoms with van der Waals surface area (Å²) in [5, 5.41) is 0. The van der Waals surface area contributed by atoms with Crippen molar-refractivity contribution in [2.45, 2.75) is 25.3 Å². The Morgan fingerprint density at radius 1 is 1.00 bits per heavy atom. The molecule has 2 aromatic carbocycles. The molecule has 0 fully saturated rings. The van der Waals surface area contributed by atoms with Crippen LogP contribution in [0.5, 0.6) is 5.75 Å². The molecule has 0 bridgehead atoms. The molecular formula is C22H23NO4S. The van der Waals surface area contributed by atoms with Gasteiger partial charge in [0.15, 0.2) is 16.4 Å². The minimum absolute atomic E-state index is 0.103. The minimum atomic E-state index is -3.25. The van der Waals surface area contributed by atoms with Gasteiger partial charge >= 0.3 is 0 Å². The van der Waals surface area contributed by atoms with Crippen molar-refractivity contribution < 1.29 is 17.9 Å². The Hall–Kier alpha value is -2.86. The number of hydrogen-bond donors (Lipinski definition) is 0. The van der Waals surface area contributed by atoms with Crippen molar-refractivity contribution in [2.75, 3.05) is 12.9 Å². The van der Waals surface area contributed by atoms with Crippen molar-refractivity contribution in [1.29, 1.82) is 0 Å². The van der Waals surface area contributed by atoms with Gasteiger partial charge in [-0.05, 0) is 49.7 Å². The van der Waals surface area contributed by atoms with E-state index in [0.29, 0.717) is 17.9 Å². The molecule has 1 aromatic heterocycles. The van der Waals surface area contributed by atoms with Crippen molar-refractivity contribution in [3.05, 3.63) is 83.2 Å². The summed E-state index contributed by atoms with van der Waals surface area (Å²) in [6.45, 7) is 4.52. The number of carbonyl (C=O) groups excluding carboxylic acids is 1. The molecule has 3 aromatic rings. The molecule has 0 aliphatic rings. The number of aryl methyl sites for hydroxylation is 1. The molecule has 1 heterocycles. The van der Waals surface area contributed by atoms with E-state index < -0.39 is 9.84 Å². The van der Waals surface area contributed by atoms with Crippen molar-refractivity contribution in [1.82, 2.24) is 4.57 Å². The third-order valence-electron chi connectivity index (χ3n) is 4.68. The Morgan fingerprint density at radius 2 is 1.64 bits per heavy atom. The molecule has 0 saturated carbocycles. The van der Waals surface area contributed by atoms with Crippen LogP contribution in [0.2, 0.25) is 0 Å².